The monoisotopic (exact) mass is 288 g/mol. The highest BCUT2D eigenvalue weighted by atomic mass is 79.9. The van der Waals surface area contributed by atoms with Gasteiger partial charge in [0.1, 0.15) is 0 Å². The second-order valence-electron chi connectivity index (χ2n) is 2.78. The van der Waals surface area contributed by atoms with Gasteiger partial charge < -0.3 is 16.2 Å². The van der Waals surface area contributed by atoms with E-state index in [0.29, 0.717) is 10.0 Å². The Hall–Kier alpha value is -1.63. The van der Waals surface area contributed by atoms with E-state index in [0.717, 1.165) is 0 Å². The predicted molar refractivity (Wildman–Crippen MR) is 64.1 cm³/mol. The lowest BCUT2D eigenvalue weighted by Crippen LogP contribution is -2.21. The van der Waals surface area contributed by atoms with Crippen LogP contribution in [-0.2, 0) is 0 Å². The smallest absolute Gasteiger partial charge is 0.211 e. The van der Waals surface area contributed by atoms with E-state index in [2.05, 4.69) is 26.1 Å². The number of rotatable bonds is 3. The molecule has 1 aromatic rings. The predicted octanol–water partition coefficient (Wildman–Crippen LogP) is 1.20. The number of ether oxygens (including phenoxy) is 1. The standard InChI is InChI=1S/C9H10BrFN4O/c1-16-8-5(4-14-15-9(12)13)2-6(10)3-7(8)11/h2-4H,1H3,(H4,12,13,15). The molecule has 0 aromatic heterocycles. The summed E-state index contributed by atoms with van der Waals surface area (Å²) in [6, 6.07) is 2.92. The van der Waals surface area contributed by atoms with Gasteiger partial charge in [-0.3, -0.25) is 0 Å². The summed E-state index contributed by atoms with van der Waals surface area (Å²) in [6.45, 7) is 0. The number of nitrogens with two attached hydrogens (primary N) is 2. The Morgan fingerprint density at radius 3 is 2.75 bits per heavy atom. The maximum Gasteiger partial charge on any atom is 0.211 e. The lowest BCUT2D eigenvalue weighted by molar-refractivity contribution is 0.385. The Kier molecular flexibility index (Phi) is 4.24. The first-order valence-corrected chi connectivity index (χ1v) is 4.99. The average molecular weight is 289 g/mol. The molecule has 0 radical (unpaired) electrons. The van der Waals surface area contributed by atoms with Crippen molar-refractivity contribution >= 4 is 28.1 Å². The minimum Gasteiger partial charge on any atom is -0.493 e. The fourth-order valence-electron chi connectivity index (χ4n) is 1.05. The largest absolute Gasteiger partial charge is 0.493 e. The molecule has 0 bridgehead atoms. The van der Waals surface area contributed by atoms with Gasteiger partial charge in [0, 0.05) is 10.0 Å². The lowest BCUT2D eigenvalue weighted by atomic mass is 10.2. The second kappa shape index (κ2) is 5.45. The summed E-state index contributed by atoms with van der Waals surface area (Å²) in [7, 11) is 1.37. The molecule has 0 atom stereocenters. The Morgan fingerprint density at radius 2 is 2.19 bits per heavy atom. The molecule has 0 spiro atoms. The number of guanidine groups is 1. The van der Waals surface area contributed by atoms with Gasteiger partial charge in [-0.1, -0.05) is 15.9 Å². The Labute approximate surface area is 100 Å². The van der Waals surface area contributed by atoms with Crippen LogP contribution in [0.1, 0.15) is 5.56 Å². The van der Waals surface area contributed by atoms with Gasteiger partial charge in [-0.05, 0) is 12.1 Å². The van der Waals surface area contributed by atoms with Crippen LogP contribution in [0.4, 0.5) is 4.39 Å². The van der Waals surface area contributed by atoms with E-state index >= 15 is 0 Å². The lowest BCUT2D eigenvalue weighted by Gasteiger charge is -2.05. The topological polar surface area (TPSA) is 86.0 Å². The van der Waals surface area contributed by atoms with Crippen LogP contribution in [0.25, 0.3) is 0 Å². The van der Waals surface area contributed by atoms with Crippen molar-refractivity contribution in [1.29, 1.82) is 0 Å². The van der Waals surface area contributed by atoms with E-state index < -0.39 is 5.82 Å². The molecule has 16 heavy (non-hydrogen) atoms. The summed E-state index contributed by atoms with van der Waals surface area (Å²) in [5, 5.41) is 6.98. The van der Waals surface area contributed by atoms with Gasteiger partial charge in [-0.15, -0.1) is 5.10 Å². The molecule has 7 heteroatoms. The number of nitrogens with zero attached hydrogens (tertiary/aromatic N) is 2. The van der Waals surface area contributed by atoms with Crippen molar-refractivity contribution in [2.75, 3.05) is 7.11 Å². The van der Waals surface area contributed by atoms with Crippen molar-refractivity contribution in [1.82, 2.24) is 0 Å². The number of hydrogen-bond acceptors (Lipinski definition) is 3. The van der Waals surface area contributed by atoms with Crippen LogP contribution in [-0.4, -0.2) is 19.3 Å². The first-order valence-electron chi connectivity index (χ1n) is 4.19. The molecule has 0 fully saturated rings. The summed E-state index contributed by atoms with van der Waals surface area (Å²) in [4.78, 5) is 0. The fourth-order valence-corrected chi connectivity index (χ4v) is 1.50. The number of hydrogen-bond donors (Lipinski definition) is 2. The van der Waals surface area contributed by atoms with E-state index in [1.165, 1.54) is 19.4 Å². The van der Waals surface area contributed by atoms with Gasteiger partial charge >= 0.3 is 0 Å². The van der Waals surface area contributed by atoms with Gasteiger partial charge in [0.05, 0.1) is 13.3 Å². The van der Waals surface area contributed by atoms with Crippen LogP contribution in [0.5, 0.6) is 5.75 Å². The number of benzene rings is 1. The molecule has 0 saturated carbocycles. The van der Waals surface area contributed by atoms with Crippen LogP contribution in [0.15, 0.2) is 26.8 Å². The van der Waals surface area contributed by atoms with Crippen LogP contribution in [0.3, 0.4) is 0 Å². The van der Waals surface area contributed by atoms with Crippen LogP contribution >= 0.6 is 15.9 Å². The highest BCUT2D eigenvalue weighted by Gasteiger charge is 2.08. The van der Waals surface area contributed by atoms with E-state index in [4.69, 9.17) is 16.2 Å². The normalized spacial score (nSPS) is 10.4. The molecule has 0 aliphatic rings. The minimum absolute atomic E-state index is 0.0812. The molecule has 4 N–H and O–H groups in total. The summed E-state index contributed by atoms with van der Waals surface area (Å²) < 4.78 is 18.9. The van der Waals surface area contributed by atoms with E-state index in [1.54, 1.807) is 6.07 Å². The van der Waals surface area contributed by atoms with Crippen molar-refractivity contribution in [3.8, 4) is 5.75 Å². The maximum atomic E-state index is 13.4. The zero-order valence-electron chi connectivity index (χ0n) is 8.45. The Balaban J connectivity index is 3.12. The molecule has 0 heterocycles. The van der Waals surface area contributed by atoms with Crippen LogP contribution < -0.4 is 16.2 Å². The zero-order chi connectivity index (χ0) is 12.1. The Morgan fingerprint density at radius 1 is 1.50 bits per heavy atom. The zero-order valence-corrected chi connectivity index (χ0v) is 10.0. The quantitative estimate of drug-likeness (QED) is 0.498. The number of methoxy groups -OCH3 is 1. The van der Waals surface area contributed by atoms with E-state index in [-0.39, 0.29) is 11.7 Å². The summed E-state index contributed by atoms with van der Waals surface area (Å²) >= 11 is 3.15. The Bertz CT molecular complexity index is 443. The van der Waals surface area contributed by atoms with Crippen LogP contribution in [0.2, 0.25) is 0 Å². The molecule has 86 valence electrons. The molecule has 0 unspecified atom stereocenters. The second-order valence-corrected chi connectivity index (χ2v) is 3.70. The molecule has 0 saturated heterocycles. The van der Waals surface area contributed by atoms with E-state index in [1.807, 2.05) is 0 Å². The fraction of sp³-hybridized carbons (Fsp3) is 0.111. The van der Waals surface area contributed by atoms with Crippen molar-refractivity contribution in [3.05, 3.63) is 28.0 Å². The molecule has 0 aliphatic carbocycles. The van der Waals surface area contributed by atoms with Crippen molar-refractivity contribution < 1.29 is 9.13 Å². The first-order chi connectivity index (χ1) is 7.54. The third-order valence-corrected chi connectivity index (χ3v) is 2.07. The third-order valence-electron chi connectivity index (χ3n) is 1.61. The van der Waals surface area contributed by atoms with Gasteiger partial charge in [0.25, 0.3) is 0 Å². The first kappa shape index (κ1) is 12.4. The molecular weight excluding hydrogens is 279 g/mol. The minimum atomic E-state index is -0.497. The maximum absolute atomic E-state index is 13.4. The van der Waals surface area contributed by atoms with E-state index in [9.17, 15) is 4.39 Å². The molecule has 1 aromatic carbocycles. The molecular formula is C9H10BrFN4O. The van der Waals surface area contributed by atoms with Gasteiger partial charge in [-0.2, -0.15) is 5.10 Å². The van der Waals surface area contributed by atoms with Gasteiger partial charge in [-0.25, -0.2) is 4.39 Å². The SMILES string of the molecule is COc1c(F)cc(Br)cc1C=NN=C(N)N. The van der Waals surface area contributed by atoms with Crippen molar-refractivity contribution in [3.63, 3.8) is 0 Å². The molecule has 1 rings (SSSR count). The van der Waals surface area contributed by atoms with Crippen molar-refractivity contribution in [2.24, 2.45) is 21.7 Å². The number of halogens is 2. The van der Waals surface area contributed by atoms with Gasteiger partial charge in [0.2, 0.25) is 5.96 Å². The summed E-state index contributed by atoms with van der Waals surface area (Å²) in [5.74, 6) is -0.591. The van der Waals surface area contributed by atoms with Crippen molar-refractivity contribution in [2.45, 2.75) is 0 Å². The third kappa shape index (κ3) is 3.20. The van der Waals surface area contributed by atoms with Gasteiger partial charge in [0.15, 0.2) is 11.6 Å². The summed E-state index contributed by atoms with van der Waals surface area (Å²) in [6.07, 6.45) is 1.30. The molecule has 5 nitrogen and oxygen atoms in total. The molecule has 0 amide bonds. The summed E-state index contributed by atoms with van der Waals surface area (Å²) in [5.41, 5.74) is 10.6. The highest BCUT2D eigenvalue weighted by molar-refractivity contribution is 9.10. The van der Waals surface area contributed by atoms with Crippen LogP contribution in [0, 0.1) is 5.82 Å². The molecule has 0 aliphatic heterocycles. The average Bonchev–Trinajstić information content (AvgIpc) is 2.16. The highest BCUT2D eigenvalue weighted by Crippen LogP contribution is 2.25.